The zero-order valence-corrected chi connectivity index (χ0v) is 11.5. The molecule has 1 N–H and O–H groups in total. The van der Waals surface area contributed by atoms with Gasteiger partial charge in [-0.1, -0.05) is 13.8 Å². The number of ether oxygens (including phenoxy) is 2. The Bertz CT molecular complexity index is 369. The Morgan fingerprint density at radius 1 is 1.17 bits per heavy atom. The van der Waals surface area contributed by atoms with Crippen molar-refractivity contribution in [2.45, 2.75) is 20.3 Å². The number of hydrogen-bond acceptors (Lipinski definition) is 3. The fraction of sp³-hybridized carbons (Fsp3) is 0.600. The van der Waals surface area contributed by atoms with Gasteiger partial charge in [-0.3, -0.25) is 0 Å². The van der Waals surface area contributed by atoms with Crippen LogP contribution in [0, 0.1) is 11.3 Å². The van der Waals surface area contributed by atoms with Crippen molar-refractivity contribution < 1.29 is 9.47 Å². The molecule has 1 aliphatic heterocycles. The standard InChI is InChI=1S/C15H23NO2/c1-12(2)15(10-16-11-15)8-9-18-14-6-4-13(17-3)5-7-14/h4-7,12,16H,8-11H2,1-3H3. The molecule has 0 unspecified atom stereocenters. The summed E-state index contributed by atoms with van der Waals surface area (Å²) < 4.78 is 10.9. The molecule has 0 spiro atoms. The molecule has 1 aliphatic rings. The van der Waals surface area contributed by atoms with Crippen molar-refractivity contribution in [3.8, 4) is 11.5 Å². The molecule has 0 amide bonds. The minimum atomic E-state index is 0.437. The summed E-state index contributed by atoms with van der Waals surface area (Å²) in [4.78, 5) is 0. The molecule has 1 fully saturated rings. The van der Waals surface area contributed by atoms with Crippen LogP contribution < -0.4 is 14.8 Å². The molecular formula is C15H23NO2. The van der Waals surface area contributed by atoms with Crippen molar-refractivity contribution in [1.29, 1.82) is 0 Å². The van der Waals surface area contributed by atoms with Crippen LogP contribution in [0.1, 0.15) is 20.3 Å². The summed E-state index contributed by atoms with van der Waals surface area (Å²) in [5.41, 5.74) is 0.437. The van der Waals surface area contributed by atoms with Gasteiger partial charge in [-0.25, -0.2) is 0 Å². The Hall–Kier alpha value is -1.22. The first-order valence-electron chi connectivity index (χ1n) is 6.64. The van der Waals surface area contributed by atoms with Crippen LogP contribution in [0.5, 0.6) is 11.5 Å². The molecule has 0 aliphatic carbocycles. The maximum Gasteiger partial charge on any atom is 0.119 e. The molecule has 3 nitrogen and oxygen atoms in total. The lowest BCUT2D eigenvalue weighted by Gasteiger charge is -2.46. The number of benzene rings is 1. The quantitative estimate of drug-likeness (QED) is 0.841. The highest BCUT2D eigenvalue weighted by molar-refractivity contribution is 5.31. The Morgan fingerprint density at radius 2 is 1.78 bits per heavy atom. The van der Waals surface area contributed by atoms with Gasteiger partial charge < -0.3 is 14.8 Å². The third kappa shape index (κ3) is 2.78. The molecule has 0 radical (unpaired) electrons. The van der Waals surface area contributed by atoms with Gasteiger partial charge in [0.25, 0.3) is 0 Å². The van der Waals surface area contributed by atoms with Crippen LogP contribution in [0.15, 0.2) is 24.3 Å². The highest BCUT2D eigenvalue weighted by Gasteiger charge is 2.39. The summed E-state index contributed by atoms with van der Waals surface area (Å²) in [6.45, 7) is 7.63. The van der Waals surface area contributed by atoms with Crippen LogP contribution >= 0.6 is 0 Å². The molecule has 0 atom stereocenters. The molecule has 1 saturated heterocycles. The van der Waals surface area contributed by atoms with Crippen LogP contribution in [-0.2, 0) is 0 Å². The average molecular weight is 249 g/mol. The largest absolute Gasteiger partial charge is 0.497 e. The number of hydrogen-bond donors (Lipinski definition) is 1. The van der Waals surface area contributed by atoms with Crippen LogP contribution in [-0.4, -0.2) is 26.8 Å². The number of nitrogens with one attached hydrogen (secondary N) is 1. The average Bonchev–Trinajstić information content (AvgIpc) is 2.33. The van der Waals surface area contributed by atoms with E-state index in [0.717, 1.165) is 37.6 Å². The number of methoxy groups -OCH3 is 1. The molecule has 0 bridgehead atoms. The normalized spacial score (nSPS) is 17.3. The highest BCUT2D eigenvalue weighted by atomic mass is 16.5. The minimum absolute atomic E-state index is 0.437. The summed E-state index contributed by atoms with van der Waals surface area (Å²) in [5.74, 6) is 2.49. The smallest absolute Gasteiger partial charge is 0.119 e. The zero-order chi connectivity index (χ0) is 13.0. The zero-order valence-electron chi connectivity index (χ0n) is 11.5. The molecule has 100 valence electrons. The van der Waals surface area contributed by atoms with Crippen molar-refractivity contribution >= 4 is 0 Å². The van der Waals surface area contributed by atoms with Gasteiger partial charge >= 0.3 is 0 Å². The van der Waals surface area contributed by atoms with Crippen molar-refractivity contribution in [2.75, 3.05) is 26.8 Å². The van der Waals surface area contributed by atoms with Crippen LogP contribution in [0.2, 0.25) is 0 Å². The van der Waals surface area contributed by atoms with Gasteiger partial charge in [0.1, 0.15) is 11.5 Å². The van der Waals surface area contributed by atoms with E-state index >= 15 is 0 Å². The fourth-order valence-electron chi connectivity index (χ4n) is 2.36. The summed E-state index contributed by atoms with van der Waals surface area (Å²) in [6.07, 6.45) is 1.11. The van der Waals surface area contributed by atoms with Crippen molar-refractivity contribution in [3.63, 3.8) is 0 Å². The Morgan fingerprint density at radius 3 is 2.22 bits per heavy atom. The van der Waals surface area contributed by atoms with E-state index in [0.29, 0.717) is 11.3 Å². The summed E-state index contributed by atoms with van der Waals surface area (Å²) in [6, 6.07) is 7.77. The first-order valence-corrected chi connectivity index (χ1v) is 6.64. The van der Waals surface area contributed by atoms with E-state index in [1.807, 2.05) is 24.3 Å². The van der Waals surface area contributed by atoms with Gasteiger partial charge in [0.15, 0.2) is 0 Å². The van der Waals surface area contributed by atoms with E-state index in [1.54, 1.807) is 7.11 Å². The highest BCUT2D eigenvalue weighted by Crippen LogP contribution is 2.35. The second-order valence-electron chi connectivity index (χ2n) is 5.39. The van der Waals surface area contributed by atoms with Crippen molar-refractivity contribution in [2.24, 2.45) is 11.3 Å². The van der Waals surface area contributed by atoms with E-state index in [1.165, 1.54) is 0 Å². The third-order valence-electron chi connectivity index (χ3n) is 4.11. The first-order chi connectivity index (χ1) is 8.66. The molecule has 18 heavy (non-hydrogen) atoms. The molecule has 2 rings (SSSR count). The van der Waals surface area contributed by atoms with Gasteiger partial charge in [-0.05, 0) is 36.6 Å². The van der Waals surface area contributed by atoms with E-state index in [4.69, 9.17) is 9.47 Å². The van der Waals surface area contributed by atoms with Gasteiger partial charge in [-0.15, -0.1) is 0 Å². The second kappa shape index (κ2) is 5.61. The SMILES string of the molecule is COc1ccc(OCCC2(C(C)C)CNC2)cc1. The Balaban J connectivity index is 1.80. The number of rotatable bonds is 6. The third-order valence-corrected chi connectivity index (χ3v) is 4.11. The maximum atomic E-state index is 5.80. The molecule has 1 heterocycles. The predicted molar refractivity (Wildman–Crippen MR) is 73.2 cm³/mol. The van der Waals surface area contributed by atoms with E-state index < -0.39 is 0 Å². The lowest BCUT2D eigenvalue weighted by atomic mass is 9.70. The van der Waals surface area contributed by atoms with Gasteiger partial charge in [0, 0.05) is 18.5 Å². The Kier molecular flexibility index (Phi) is 4.12. The summed E-state index contributed by atoms with van der Waals surface area (Å²) in [5, 5.41) is 3.38. The van der Waals surface area contributed by atoms with E-state index in [2.05, 4.69) is 19.2 Å². The van der Waals surface area contributed by atoms with Crippen molar-refractivity contribution in [3.05, 3.63) is 24.3 Å². The summed E-state index contributed by atoms with van der Waals surface area (Å²) >= 11 is 0. The summed E-state index contributed by atoms with van der Waals surface area (Å²) in [7, 11) is 1.67. The molecular weight excluding hydrogens is 226 g/mol. The molecule has 3 heteroatoms. The predicted octanol–water partition coefficient (Wildman–Crippen LogP) is 2.71. The Labute approximate surface area is 109 Å². The van der Waals surface area contributed by atoms with Crippen LogP contribution in [0.25, 0.3) is 0 Å². The van der Waals surface area contributed by atoms with Gasteiger partial charge in [-0.2, -0.15) is 0 Å². The van der Waals surface area contributed by atoms with E-state index in [-0.39, 0.29) is 0 Å². The maximum absolute atomic E-state index is 5.80. The van der Waals surface area contributed by atoms with Crippen molar-refractivity contribution in [1.82, 2.24) is 5.32 Å². The molecule has 0 aromatic heterocycles. The lowest BCUT2D eigenvalue weighted by molar-refractivity contribution is 0.0671. The fourth-order valence-corrected chi connectivity index (χ4v) is 2.36. The monoisotopic (exact) mass is 249 g/mol. The van der Waals surface area contributed by atoms with Crippen LogP contribution in [0.4, 0.5) is 0 Å². The van der Waals surface area contributed by atoms with E-state index in [9.17, 15) is 0 Å². The topological polar surface area (TPSA) is 30.5 Å². The van der Waals surface area contributed by atoms with Crippen LogP contribution in [0.3, 0.4) is 0 Å². The van der Waals surface area contributed by atoms with Gasteiger partial charge in [0.2, 0.25) is 0 Å². The van der Waals surface area contributed by atoms with Gasteiger partial charge in [0.05, 0.1) is 13.7 Å². The molecule has 1 aromatic rings. The first kappa shape index (κ1) is 13.2. The molecule has 0 saturated carbocycles. The second-order valence-corrected chi connectivity index (χ2v) is 5.39. The minimum Gasteiger partial charge on any atom is -0.497 e. The lowest BCUT2D eigenvalue weighted by Crippen LogP contribution is -2.57. The molecule has 1 aromatic carbocycles.